The van der Waals surface area contributed by atoms with Gasteiger partial charge in [0.1, 0.15) is 0 Å². The van der Waals surface area contributed by atoms with Gasteiger partial charge in [-0.3, -0.25) is 5.32 Å². The molecule has 0 saturated carbocycles. The van der Waals surface area contributed by atoms with Crippen LogP contribution in [0.2, 0.25) is 0 Å². The molecule has 0 amide bonds. The lowest BCUT2D eigenvalue weighted by atomic mass is 10.6. The van der Waals surface area contributed by atoms with Crippen molar-refractivity contribution < 1.29 is 18.9 Å². The molecule has 0 aliphatic heterocycles. The second kappa shape index (κ2) is 14.8. The largest absolute Gasteiger partial charge is 0.378 e. The Balaban J connectivity index is 2.83. The van der Waals surface area contributed by atoms with Crippen LogP contribution in [0.5, 0.6) is 0 Å². The van der Waals surface area contributed by atoms with E-state index in [1.165, 1.54) is 0 Å². The van der Waals surface area contributed by atoms with Crippen LogP contribution in [0.1, 0.15) is 0 Å². The van der Waals surface area contributed by atoms with Crippen LogP contribution >= 0.6 is 0 Å². The zero-order valence-corrected chi connectivity index (χ0v) is 10.1. The molecule has 0 aliphatic carbocycles. The molecular formula is C10H24N2O4. The minimum Gasteiger partial charge on any atom is -0.378 e. The first-order valence-electron chi connectivity index (χ1n) is 5.54. The summed E-state index contributed by atoms with van der Waals surface area (Å²) in [7, 11) is 1.65. The number of nitrogens with two attached hydrogens (primary N) is 1. The Hall–Kier alpha value is -0.240. The summed E-state index contributed by atoms with van der Waals surface area (Å²) < 4.78 is 20.5. The van der Waals surface area contributed by atoms with Gasteiger partial charge in [0, 0.05) is 20.2 Å². The van der Waals surface area contributed by atoms with Crippen molar-refractivity contribution in [1.82, 2.24) is 5.32 Å². The van der Waals surface area contributed by atoms with Crippen molar-refractivity contribution >= 4 is 0 Å². The summed E-state index contributed by atoms with van der Waals surface area (Å²) in [5.41, 5.74) is 5.26. The molecule has 0 aromatic heterocycles. The fourth-order valence-electron chi connectivity index (χ4n) is 0.944. The topological polar surface area (TPSA) is 75.0 Å². The van der Waals surface area contributed by atoms with Crippen LogP contribution in [0, 0.1) is 0 Å². The molecule has 0 aliphatic rings. The summed E-state index contributed by atoms with van der Waals surface area (Å²) in [4.78, 5) is 0. The van der Waals surface area contributed by atoms with Crippen molar-refractivity contribution in [3.8, 4) is 0 Å². The highest BCUT2D eigenvalue weighted by atomic mass is 16.5. The van der Waals surface area contributed by atoms with Gasteiger partial charge < -0.3 is 24.7 Å². The lowest BCUT2D eigenvalue weighted by molar-refractivity contribution is 0.0156. The van der Waals surface area contributed by atoms with Crippen molar-refractivity contribution in [3.63, 3.8) is 0 Å². The number of hydrogen-bond acceptors (Lipinski definition) is 6. The van der Waals surface area contributed by atoms with Gasteiger partial charge in [0.2, 0.25) is 0 Å². The lowest BCUT2D eigenvalue weighted by Crippen LogP contribution is -2.22. The van der Waals surface area contributed by atoms with E-state index in [9.17, 15) is 0 Å². The van der Waals surface area contributed by atoms with Crippen LogP contribution < -0.4 is 11.1 Å². The van der Waals surface area contributed by atoms with E-state index in [0.717, 1.165) is 6.54 Å². The van der Waals surface area contributed by atoms with Crippen LogP contribution in [0.15, 0.2) is 0 Å². The summed E-state index contributed by atoms with van der Waals surface area (Å²) >= 11 is 0. The van der Waals surface area contributed by atoms with E-state index in [1.54, 1.807) is 7.11 Å². The predicted molar refractivity (Wildman–Crippen MR) is 61.4 cm³/mol. The van der Waals surface area contributed by atoms with Gasteiger partial charge >= 0.3 is 0 Å². The number of methoxy groups -OCH3 is 1. The van der Waals surface area contributed by atoms with Crippen LogP contribution in [0.25, 0.3) is 0 Å². The van der Waals surface area contributed by atoms with Crippen molar-refractivity contribution in [3.05, 3.63) is 0 Å². The average Bonchev–Trinajstić information content (AvgIpc) is 2.31. The van der Waals surface area contributed by atoms with E-state index >= 15 is 0 Å². The maximum atomic E-state index is 5.30. The Bertz CT molecular complexity index is 113. The van der Waals surface area contributed by atoms with Crippen LogP contribution in [0.3, 0.4) is 0 Å². The first-order chi connectivity index (χ1) is 7.91. The summed E-state index contributed by atoms with van der Waals surface area (Å²) in [6, 6.07) is 0. The standard InChI is InChI=1S/C10H24N2O4/c1-13-10-12-3-5-15-7-9-16-8-6-14-4-2-11/h12H,2-11H2,1H3. The van der Waals surface area contributed by atoms with Crippen molar-refractivity contribution in [2.45, 2.75) is 0 Å². The third-order valence-electron chi connectivity index (χ3n) is 1.68. The molecule has 3 N–H and O–H groups in total. The SMILES string of the molecule is COCNCCOCCOCCOCCN. The number of rotatable bonds is 13. The molecule has 0 radical (unpaired) electrons. The number of hydrogen-bond donors (Lipinski definition) is 2. The Morgan fingerprint density at radius 3 is 2.00 bits per heavy atom. The van der Waals surface area contributed by atoms with E-state index in [0.29, 0.717) is 52.9 Å². The highest BCUT2D eigenvalue weighted by Crippen LogP contribution is 1.80. The molecule has 98 valence electrons. The maximum Gasteiger partial charge on any atom is 0.0962 e. The normalized spacial score (nSPS) is 10.9. The van der Waals surface area contributed by atoms with Gasteiger partial charge in [-0.05, 0) is 0 Å². The van der Waals surface area contributed by atoms with Crippen LogP contribution in [0.4, 0.5) is 0 Å². The average molecular weight is 236 g/mol. The number of nitrogens with one attached hydrogen (secondary N) is 1. The van der Waals surface area contributed by atoms with Gasteiger partial charge in [-0.25, -0.2) is 0 Å². The highest BCUT2D eigenvalue weighted by Gasteiger charge is 1.91. The Labute approximate surface area is 97.4 Å². The van der Waals surface area contributed by atoms with Crippen molar-refractivity contribution in [2.75, 3.05) is 66.6 Å². The van der Waals surface area contributed by atoms with Gasteiger partial charge in [0.25, 0.3) is 0 Å². The minimum atomic E-state index is 0.553. The number of ether oxygens (including phenoxy) is 4. The third-order valence-corrected chi connectivity index (χ3v) is 1.68. The molecule has 0 spiro atoms. The van der Waals surface area contributed by atoms with Crippen LogP contribution in [-0.2, 0) is 18.9 Å². The third kappa shape index (κ3) is 13.8. The molecule has 16 heavy (non-hydrogen) atoms. The summed E-state index contributed by atoms with van der Waals surface area (Å²) in [5.74, 6) is 0. The van der Waals surface area contributed by atoms with Gasteiger partial charge in [-0.1, -0.05) is 0 Å². The maximum absolute atomic E-state index is 5.30. The first-order valence-corrected chi connectivity index (χ1v) is 5.54. The first kappa shape index (κ1) is 15.8. The molecule has 0 aromatic rings. The van der Waals surface area contributed by atoms with E-state index in [4.69, 9.17) is 24.7 Å². The summed E-state index contributed by atoms with van der Waals surface area (Å²) in [5, 5.41) is 3.04. The fraction of sp³-hybridized carbons (Fsp3) is 1.00. The molecule has 6 heteroatoms. The molecular weight excluding hydrogens is 212 g/mol. The van der Waals surface area contributed by atoms with Crippen LogP contribution in [-0.4, -0.2) is 66.6 Å². The quantitative estimate of drug-likeness (QED) is 0.322. The van der Waals surface area contributed by atoms with Crippen molar-refractivity contribution in [2.24, 2.45) is 5.73 Å². The Morgan fingerprint density at radius 2 is 1.44 bits per heavy atom. The zero-order valence-electron chi connectivity index (χ0n) is 10.1. The second-order valence-electron chi connectivity index (χ2n) is 3.06. The molecule has 0 bridgehead atoms. The second-order valence-corrected chi connectivity index (χ2v) is 3.06. The van der Waals surface area contributed by atoms with Gasteiger partial charge in [0.15, 0.2) is 0 Å². The molecule has 6 nitrogen and oxygen atoms in total. The monoisotopic (exact) mass is 236 g/mol. The van der Waals surface area contributed by atoms with E-state index < -0.39 is 0 Å². The lowest BCUT2D eigenvalue weighted by Gasteiger charge is -2.06. The molecule has 0 aromatic carbocycles. The minimum absolute atomic E-state index is 0.553. The molecule has 0 heterocycles. The van der Waals surface area contributed by atoms with Gasteiger partial charge in [0.05, 0.1) is 46.4 Å². The van der Waals surface area contributed by atoms with Gasteiger partial charge in [-0.2, -0.15) is 0 Å². The van der Waals surface area contributed by atoms with E-state index in [1.807, 2.05) is 0 Å². The summed E-state index contributed by atoms with van der Waals surface area (Å²) in [6.45, 7) is 5.52. The Kier molecular flexibility index (Phi) is 14.5. The summed E-state index contributed by atoms with van der Waals surface area (Å²) in [6.07, 6.45) is 0. The molecule has 0 rings (SSSR count). The highest BCUT2D eigenvalue weighted by molar-refractivity contribution is 4.39. The van der Waals surface area contributed by atoms with E-state index in [2.05, 4.69) is 5.32 Å². The molecule has 0 atom stereocenters. The van der Waals surface area contributed by atoms with Crippen molar-refractivity contribution in [1.29, 1.82) is 0 Å². The Morgan fingerprint density at radius 1 is 0.875 bits per heavy atom. The predicted octanol–water partition coefficient (Wildman–Crippen LogP) is -0.812. The zero-order chi connectivity index (χ0) is 11.9. The fourth-order valence-corrected chi connectivity index (χ4v) is 0.944. The molecule has 0 saturated heterocycles. The molecule has 0 unspecified atom stereocenters. The van der Waals surface area contributed by atoms with Gasteiger partial charge in [-0.15, -0.1) is 0 Å². The van der Waals surface area contributed by atoms with E-state index in [-0.39, 0.29) is 0 Å². The smallest absolute Gasteiger partial charge is 0.0962 e. The molecule has 0 fully saturated rings.